The molecule has 0 bridgehead atoms. The second-order valence-electron chi connectivity index (χ2n) is 5.99. The van der Waals surface area contributed by atoms with Crippen LogP contribution >= 0.6 is 23.1 Å². The maximum atomic E-state index is 12.2. The van der Waals surface area contributed by atoms with E-state index < -0.39 is 0 Å². The first kappa shape index (κ1) is 18.7. The van der Waals surface area contributed by atoms with E-state index in [0.29, 0.717) is 6.54 Å². The molecule has 3 rings (SSSR count). The van der Waals surface area contributed by atoms with Gasteiger partial charge in [-0.2, -0.15) is 0 Å². The second kappa shape index (κ2) is 9.55. The molecule has 134 valence electrons. The van der Waals surface area contributed by atoms with Gasteiger partial charge in [-0.1, -0.05) is 60.7 Å². The van der Waals surface area contributed by atoms with E-state index in [2.05, 4.69) is 39.9 Å². The summed E-state index contributed by atoms with van der Waals surface area (Å²) < 4.78 is 0. The minimum Gasteiger partial charge on any atom is -0.355 e. The first-order valence-electron chi connectivity index (χ1n) is 8.65. The highest BCUT2D eigenvalue weighted by atomic mass is 32.2. The molecular formula is C21H22N2OS2. The van der Waals surface area contributed by atoms with Crippen molar-refractivity contribution in [3.63, 3.8) is 0 Å². The summed E-state index contributed by atoms with van der Waals surface area (Å²) in [5.74, 6) is 0.834. The summed E-state index contributed by atoms with van der Waals surface area (Å²) in [5.41, 5.74) is 3.41. The molecule has 0 radical (unpaired) electrons. The fraction of sp³-hybridized carbons (Fsp3) is 0.238. The highest BCUT2D eigenvalue weighted by Gasteiger charge is 2.14. The van der Waals surface area contributed by atoms with Crippen LogP contribution in [-0.4, -0.2) is 22.7 Å². The Morgan fingerprint density at radius 1 is 1.12 bits per heavy atom. The lowest BCUT2D eigenvalue weighted by Crippen LogP contribution is -2.32. The van der Waals surface area contributed by atoms with Crippen LogP contribution in [0.25, 0.3) is 10.6 Å². The van der Waals surface area contributed by atoms with Crippen molar-refractivity contribution in [3.8, 4) is 10.6 Å². The molecule has 1 atom stereocenters. The van der Waals surface area contributed by atoms with E-state index in [1.54, 1.807) is 23.1 Å². The van der Waals surface area contributed by atoms with E-state index in [1.807, 2.05) is 43.3 Å². The van der Waals surface area contributed by atoms with Crippen LogP contribution in [0.15, 0.2) is 66.0 Å². The van der Waals surface area contributed by atoms with Gasteiger partial charge in [-0.3, -0.25) is 4.79 Å². The fourth-order valence-corrected chi connectivity index (χ4v) is 4.23. The summed E-state index contributed by atoms with van der Waals surface area (Å²) >= 11 is 3.27. The number of thioether (sulfide) groups is 1. The first-order chi connectivity index (χ1) is 12.7. The van der Waals surface area contributed by atoms with Crippen molar-refractivity contribution in [1.82, 2.24) is 10.3 Å². The molecule has 3 aromatic rings. The molecule has 0 spiro atoms. The minimum atomic E-state index is -0.0901. The standard InChI is InChI=1S/C21H22N2OS2/c1-16(20(24)22-13-12-17-8-4-2-5-9-17)25-14-19-15-26-21(23-19)18-10-6-3-7-11-18/h2-11,15-16H,12-14H2,1H3,(H,22,24). The Morgan fingerprint density at radius 3 is 2.54 bits per heavy atom. The number of aromatic nitrogens is 1. The molecule has 0 aliphatic carbocycles. The number of nitrogens with one attached hydrogen (secondary N) is 1. The van der Waals surface area contributed by atoms with Crippen molar-refractivity contribution in [1.29, 1.82) is 0 Å². The molecule has 0 saturated carbocycles. The van der Waals surface area contributed by atoms with Crippen molar-refractivity contribution in [2.24, 2.45) is 0 Å². The SMILES string of the molecule is CC(SCc1csc(-c2ccccc2)n1)C(=O)NCCc1ccccc1. The number of carbonyl (C=O) groups is 1. The zero-order valence-electron chi connectivity index (χ0n) is 14.7. The Balaban J connectivity index is 1.42. The van der Waals surface area contributed by atoms with Crippen molar-refractivity contribution < 1.29 is 4.79 Å². The summed E-state index contributed by atoms with van der Waals surface area (Å²) in [6.07, 6.45) is 0.858. The molecule has 1 N–H and O–H groups in total. The van der Waals surface area contributed by atoms with E-state index in [-0.39, 0.29) is 11.2 Å². The lowest BCUT2D eigenvalue weighted by atomic mass is 10.1. The maximum absolute atomic E-state index is 12.2. The smallest absolute Gasteiger partial charge is 0.232 e. The molecule has 0 fully saturated rings. The highest BCUT2D eigenvalue weighted by molar-refractivity contribution is 7.99. The normalized spacial score (nSPS) is 11.9. The third-order valence-electron chi connectivity index (χ3n) is 3.98. The predicted octanol–water partition coefficient (Wildman–Crippen LogP) is 4.79. The van der Waals surface area contributed by atoms with Gasteiger partial charge in [-0.15, -0.1) is 23.1 Å². The van der Waals surface area contributed by atoms with Crippen LogP contribution in [0.3, 0.4) is 0 Å². The van der Waals surface area contributed by atoms with Crippen molar-refractivity contribution in [3.05, 3.63) is 77.3 Å². The van der Waals surface area contributed by atoms with Gasteiger partial charge in [0.25, 0.3) is 0 Å². The number of rotatable bonds is 8. The zero-order valence-corrected chi connectivity index (χ0v) is 16.4. The third-order valence-corrected chi connectivity index (χ3v) is 6.10. The van der Waals surface area contributed by atoms with Crippen LogP contribution in [0.1, 0.15) is 18.2 Å². The largest absolute Gasteiger partial charge is 0.355 e. The minimum absolute atomic E-state index is 0.0874. The van der Waals surface area contributed by atoms with Gasteiger partial charge in [0, 0.05) is 23.2 Å². The molecule has 0 aliphatic heterocycles. The molecular weight excluding hydrogens is 360 g/mol. The number of hydrogen-bond donors (Lipinski definition) is 1. The van der Waals surface area contributed by atoms with Gasteiger partial charge in [-0.25, -0.2) is 4.98 Å². The van der Waals surface area contributed by atoms with Crippen molar-refractivity contribution >= 4 is 29.0 Å². The summed E-state index contributed by atoms with van der Waals surface area (Å²) in [4.78, 5) is 16.9. The molecule has 5 heteroatoms. The quantitative estimate of drug-likeness (QED) is 0.609. The Bertz CT molecular complexity index is 818. The second-order valence-corrected chi connectivity index (χ2v) is 8.18. The maximum Gasteiger partial charge on any atom is 0.232 e. The Labute approximate surface area is 162 Å². The fourth-order valence-electron chi connectivity index (χ4n) is 2.49. The van der Waals surface area contributed by atoms with E-state index >= 15 is 0 Å². The third kappa shape index (κ3) is 5.44. The number of hydrogen-bond acceptors (Lipinski definition) is 4. The average molecular weight is 383 g/mol. The molecule has 3 nitrogen and oxygen atoms in total. The summed E-state index contributed by atoms with van der Waals surface area (Å²) in [6, 6.07) is 20.4. The summed E-state index contributed by atoms with van der Waals surface area (Å²) in [7, 11) is 0. The molecule has 1 aromatic heterocycles. The zero-order chi connectivity index (χ0) is 18.2. The van der Waals surface area contributed by atoms with Gasteiger partial charge < -0.3 is 5.32 Å². The average Bonchev–Trinajstić information content (AvgIpc) is 3.16. The van der Waals surface area contributed by atoms with Crippen LogP contribution in [-0.2, 0) is 17.0 Å². The van der Waals surface area contributed by atoms with Crippen LogP contribution in [0.2, 0.25) is 0 Å². The number of nitrogens with zero attached hydrogens (tertiary/aromatic N) is 1. The summed E-state index contributed by atoms with van der Waals surface area (Å²) in [6.45, 7) is 2.62. The molecule has 1 unspecified atom stereocenters. The van der Waals surface area contributed by atoms with Gasteiger partial charge in [-0.05, 0) is 18.9 Å². The highest BCUT2D eigenvalue weighted by Crippen LogP contribution is 2.26. The molecule has 0 aliphatic rings. The molecule has 1 heterocycles. The lowest BCUT2D eigenvalue weighted by molar-refractivity contribution is -0.120. The predicted molar refractivity (Wildman–Crippen MR) is 111 cm³/mol. The van der Waals surface area contributed by atoms with Gasteiger partial charge in [0.1, 0.15) is 5.01 Å². The van der Waals surface area contributed by atoms with Crippen LogP contribution in [0.5, 0.6) is 0 Å². The lowest BCUT2D eigenvalue weighted by Gasteiger charge is -2.11. The van der Waals surface area contributed by atoms with Gasteiger partial charge in [0.2, 0.25) is 5.91 Å². The van der Waals surface area contributed by atoms with E-state index in [1.165, 1.54) is 5.56 Å². The Hall–Kier alpha value is -2.11. The van der Waals surface area contributed by atoms with Gasteiger partial charge in [0.05, 0.1) is 10.9 Å². The molecule has 2 aromatic carbocycles. The van der Waals surface area contributed by atoms with Crippen molar-refractivity contribution in [2.75, 3.05) is 6.54 Å². The number of benzene rings is 2. The van der Waals surface area contributed by atoms with E-state index in [0.717, 1.165) is 28.4 Å². The number of amides is 1. The van der Waals surface area contributed by atoms with Crippen LogP contribution in [0.4, 0.5) is 0 Å². The van der Waals surface area contributed by atoms with Crippen LogP contribution in [0, 0.1) is 0 Å². The monoisotopic (exact) mass is 382 g/mol. The molecule has 26 heavy (non-hydrogen) atoms. The van der Waals surface area contributed by atoms with Gasteiger partial charge >= 0.3 is 0 Å². The topological polar surface area (TPSA) is 42.0 Å². The van der Waals surface area contributed by atoms with E-state index in [9.17, 15) is 4.79 Å². The Kier molecular flexibility index (Phi) is 6.86. The van der Waals surface area contributed by atoms with Crippen molar-refractivity contribution in [2.45, 2.75) is 24.3 Å². The number of thiazole rings is 1. The number of carbonyl (C=O) groups excluding carboxylic acids is 1. The molecule has 1 amide bonds. The Morgan fingerprint density at radius 2 is 1.81 bits per heavy atom. The summed E-state index contributed by atoms with van der Waals surface area (Å²) in [5, 5.41) is 6.04. The van der Waals surface area contributed by atoms with Crippen LogP contribution < -0.4 is 5.32 Å². The first-order valence-corrected chi connectivity index (χ1v) is 10.6. The van der Waals surface area contributed by atoms with Gasteiger partial charge in [0.15, 0.2) is 0 Å². The van der Waals surface area contributed by atoms with E-state index in [4.69, 9.17) is 0 Å². The molecule has 0 saturated heterocycles.